The van der Waals surface area contributed by atoms with Crippen molar-refractivity contribution in [3.8, 4) is 10.7 Å². The van der Waals surface area contributed by atoms with E-state index in [0.29, 0.717) is 18.3 Å². The highest BCUT2D eigenvalue weighted by atomic mass is 79.9. The molecule has 146 valence electrons. The number of amides is 2. The molecule has 9 heteroatoms. The maximum absolute atomic E-state index is 12.1. The van der Waals surface area contributed by atoms with Gasteiger partial charge in [-0.25, -0.2) is 4.79 Å². The lowest BCUT2D eigenvalue weighted by Gasteiger charge is -2.31. The Kier molecular flexibility index (Phi) is 6.04. The SMILES string of the molecule is O=C(Nc1ccccc1)NC1CCN(Cc2nc(-c3cc(Br)cs3)no2)CC1. The predicted octanol–water partition coefficient (Wildman–Crippen LogP) is 4.35. The number of benzene rings is 1. The van der Waals surface area contributed by atoms with E-state index in [1.54, 1.807) is 11.3 Å². The van der Waals surface area contributed by atoms with Crippen molar-refractivity contribution < 1.29 is 9.32 Å². The molecule has 0 bridgehead atoms. The van der Waals surface area contributed by atoms with Crippen molar-refractivity contribution >= 4 is 39.0 Å². The molecule has 0 unspecified atom stereocenters. The Bertz CT molecular complexity index is 921. The Morgan fingerprint density at radius 1 is 1.29 bits per heavy atom. The summed E-state index contributed by atoms with van der Waals surface area (Å²) in [5, 5.41) is 12.0. The van der Waals surface area contributed by atoms with E-state index in [2.05, 4.69) is 41.6 Å². The number of hydrogen-bond acceptors (Lipinski definition) is 6. The number of likely N-dealkylation sites (tertiary alicyclic amines) is 1. The van der Waals surface area contributed by atoms with E-state index < -0.39 is 0 Å². The zero-order valence-corrected chi connectivity index (χ0v) is 17.5. The fourth-order valence-electron chi connectivity index (χ4n) is 3.15. The van der Waals surface area contributed by atoms with Crippen molar-refractivity contribution in [3.05, 3.63) is 52.1 Å². The number of carbonyl (C=O) groups is 1. The lowest BCUT2D eigenvalue weighted by Crippen LogP contribution is -2.45. The van der Waals surface area contributed by atoms with E-state index in [9.17, 15) is 4.79 Å². The predicted molar refractivity (Wildman–Crippen MR) is 112 cm³/mol. The summed E-state index contributed by atoms with van der Waals surface area (Å²) in [6, 6.07) is 11.4. The van der Waals surface area contributed by atoms with E-state index in [1.807, 2.05) is 41.8 Å². The summed E-state index contributed by atoms with van der Waals surface area (Å²) in [5.74, 6) is 1.24. The number of piperidine rings is 1. The first kappa shape index (κ1) is 19.1. The Morgan fingerprint density at radius 2 is 2.07 bits per heavy atom. The molecule has 1 aliphatic heterocycles. The Morgan fingerprint density at radius 3 is 2.79 bits per heavy atom. The smallest absolute Gasteiger partial charge is 0.319 e. The molecule has 0 saturated carbocycles. The zero-order valence-electron chi connectivity index (χ0n) is 15.1. The molecule has 2 N–H and O–H groups in total. The minimum absolute atomic E-state index is 0.159. The van der Waals surface area contributed by atoms with Crippen molar-refractivity contribution in [3.63, 3.8) is 0 Å². The van der Waals surface area contributed by atoms with Crippen molar-refractivity contribution in [1.82, 2.24) is 20.4 Å². The summed E-state index contributed by atoms with van der Waals surface area (Å²) in [6.07, 6.45) is 1.78. The molecule has 4 rings (SSSR count). The standard InChI is InChI=1S/C19H20BrN5O2S/c20-13-10-16(28-12-13)18-23-17(27-24-18)11-25-8-6-15(7-9-25)22-19(26)21-14-4-2-1-3-5-14/h1-5,10,12,15H,6-9,11H2,(H2,21,22,26). The minimum Gasteiger partial charge on any atom is -0.338 e. The minimum atomic E-state index is -0.159. The molecule has 28 heavy (non-hydrogen) atoms. The maximum atomic E-state index is 12.1. The number of rotatable bonds is 5. The summed E-state index contributed by atoms with van der Waals surface area (Å²) < 4.78 is 6.42. The third-order valence-corrected chi connectivity index (χ3v) is 6.26. The second kappa shape index (κ2) is 8.85. The van der Waals surface area contributed by atoms with E-state index in [4.69, 9.17) is 4.52 Å². The number of halogens is 1. The number of para-hydroxylation sites is 1. The van der Waals surface area contributed by atoms with Crippen LogP contribution in [0.4, 0.5) is 10.5 Å². The highest BCUT2D eigenvalue weighted by Crippen LogP contribution is 2.28. The van der Waals surface area contributed by atoms with Crippen molar-refractivity contribution in [2.75, 3.05) is 18.4 Å². The van der Waals surface area contributed by atoms with Gasteiger partial charge in [0.2, 0.25) is 11.7 Å². The summed E-state index contributed by atoms with van der Waals surface area (Å²) in [5.41, 5.74) is 0.794. The highest BCUT2D eigenvalue weighted by Gasteiger charge is 2.22. The molecule has 2 amide bonds. The van der Waals surface area contributed by atoms with Crippen LogP contribution in [0.5, 0.6) is 0 Å². The molecule has 2 aromatic heterocycles. The van der Waals surface area contributed by atoms with Gasteiger partial charge in [-0.1, -0.05) is 23.4 Å². The molecular formula is C19H20BrN5O2S. The number of hydrogen-bond donors (Lipinski definition) is 2. The largest absolute Gasteiger partial charge is 0.338 e. The first-order chi connectivity index (χ1) is 13.7. The van der Waals surface area contributed by atoms with Gasteiger partial charge in [0.15, 0.2) is 0 Å². The lowest BCUT2D eigenvalue weighted by atomic mass is 10.1. The van der Waals surface area contributed by atoms with E-state index >= 15 is 0 Å². The van der Waals surface area contributed by atoms with Gasteiger partial charge in [-0.05, 0) is 47.0 Å². The molecule has 7 nitrogen and oxygen atoms in total. The summed E-state index contributed by atoms with van der Waals surface area (Å²) in [7, 11) is 0. The molecule has 1 aromatic carbocycles. The summed E-state index contributed by atoms with van der Waals surface area (Å²) in [6.45, 7) is 2.37. The van der Waals surface area contributed by atoms with E-state index in [0.717, 1.165) is 41.0 Å². The average molecular weight is 462 g/mol. The van der Waals surface area contributed by atoms with Crippen LogP contribution in [0, 0.1) is 0 Å². The lowest BCUT2D eigenvalue weighted by molar-refractivity contribution is 0.171. The molecule has 0 atom stereocenters. The van der Waals surface area contributed by atoms with Crippen molar-refractivity contribution in [2.45, 2.75) is 25.4 Å². The highest BCUT2D eigenvalue weighted by molar-refractivity contribution is 9.10. The van der Waals surface area contributed by atoms with Gasteiger partial charge in [-0.2, -0.15) is 4.98 Å². The second-order valence-corrected chi connectivity index (χ2v) is 8.48. The van der Waals surface area contributed by atoms with Gasteiger partial charge >= 0.3 is 6.03 Å². The normalized spacial score (nSPS) is 15.5. The molecule has 1 aliphatic rings. The maximum Gasteiger partial charge on any atom is 0.319 e. The van der Waals surface area contributed by atoms with Gasteiger partial charge in [-0.3, -0.25) is 4.90 Å². The molecular weight excluding hydrogens is 442 g/mol. The Hall–Kier alpha value is -2.23. The average Bonchev–Trinajstić information content (AvgIpc) is 3.33. The first-order valence-electron chi connectivity index (χ1n) is 9.07. The van der Waals surface area contributed by atoms with Crippen LogP contribution < -0.4 is 10.6 Å². The van der Waals surface area contributed by atoms with Gasteiger partial charge in [0, 0.05) is 34.7 Å². The van der Waals surface area contributed by atoms with E-state index in [1.165, 1.54) is 0 Å². The van der Waals surface area contributed by atoms with Gasteiger partial charge in [0.05, 0.1) is 11.4 Å². The number of urea groups is 1. The molecule has 3 aromatic rings. The number of thiophene rings is 1. The van der Waals surface area contributed by atoms with Gasteiger partial charge in [0.1, 0.15) is 0 Å². The fourth-order valence-corrected chi connectivity index (χ4v) is 4.50. The summed E-state index contributed by atoms with van der Waals surface area (Å²) in [4.78, 5) is 19.9. The van der Waals surface area contributed by atoms with Crippen molar-refractivity contribution in [1.29, 1.82) is 0 Å². The molecule has 1 saturated heterocycles. The number of aromatic nitrogens is 2. The molecule has 0 aliphatic carbocycles. The number of carbonyl (C=O) groups excluding carboxylic acids is 1. The van der Waals surface area contributed by atoms with Crippen molar-refractivity contribution in [2.24, 2.45) is 0 Å². The molecule has 3 heterocycles. The monoisotopic (exact) mass is 461 g/mol. The van der Waals surface area contributed by atoms with Crippen LogP contribution in [0.2, 0.25) is 0 Å². The number of nitrogens with one attached hydrogen (secondary N) is 2. The van der Waals surface area contributed by atoms with Crippen LogP contribution in [0.25, 0.3) is 10.7 Å². The molecule has 1 fully saturated rings. The Balaban J connectivity index is 1.23. The van der Waals surface area contributed by atoms with E-state index in [-0.39, 0.29) is 12.1 Å². The fraction of sp³-hybridized carbons (Fsp3) is 0.316. The quantitative estimate of drug-likeness (QED) is 0.589. The topological polar surface area (TPSA) is 83.3 Å². The molecule has 0 spiro atoms. The number of anilines is 1. The van der Waals surface area contributed by atoms with Crippen LogP contribution in [0.1, 0.15) is 18.7 Å². The van der Waals surface area contributed by atoms with Crippen LogP contribution in [-0.4, -0.2) is 40.2 Å². The van der Waals surface area contributed by atoms with Gasteiger partial charge < -0.3 is 15.2 Å². The third-order valence-electron chi connectivity index (χ3n) is 4.57. The molecule has 0 radical (unpaired) electrons. The number of nitrogens with zero attached hydrogens (tertiary/aromatic N) is 3. The van der Waals surface area contributed by atoms with Crippen LogP contribution in [-0.2, 0) is 6.54 Å². The summed E-state index contributed by atoms with van der Waals surface area (Å²) >= 11 is 5.02. The first-order valence-corrected chi connectivity index (χ1v) is 10.7. The second-order valence-electron chi connectivity index (χ2n) is 6.66. The van der Waals surface area contributed by atoms with Crippen LogP contribution >= 0.6 is 27.3 Å². The van der Waals surface area contributed by atoms with Crippen LogP contribution in [0.3, 0.4) is 0 Å². The van der Waals surface area contributed by atoms with Gasteiger partial charge in [0.25, 0.3) is 0 Å². The zero-order chi connectivity index (χ0) is 19.3. The third kappa shape index (κ3) is 4.98. The Labute approximate surface area is 175 Å². The van der Waals surface area contributed by atoms with Crippen LogP contribution in [0.15, 0.2) is 50.8 Å². The van der Waals surface area contributed by atoms with Gasteiger partial charge in [-0.15, -0.1) is 11.3 Å².